The minimum Gasteiger partial charge on any atom is -0.495 e. The number of methoxy groups -OCH3 is 1. The molecule has 0 unspecified atom stereocenters. The molecule has 0 atom stereocenters. The third kappa shape index (κ3) is 5.39. The molecule has 2 aromatic carbocycles. The van der Waals surface area contributed by atoms with Crippen molar-refractivity contribution in [2.45, 2.75) is 11.1 Å². The molecular formula is C23H26F3N3O5S. The lowest BCUT2D eigenvalue weighted by Gasteiger charge is -2.36. The SMILES string of the molecule is COc1ccc(C(=O)N2CCN(c3cccc(C(F)(F)F)c3)CC2)cc1S(=O)(=O)N1CCOCC1. The number of benzene rings is 2. The molecule has 0 spiro atoms. The lowest BCUT2D eigenvalue weighted by atomic mass is 10.1. The third-order valence-electron chi connectivity index (χ3n) is 6.10. The molecule has 2 aliphatic rings. The highest BCUT2D eigenvalue weighted by Gasteiger charge is 2.33. The van der Waals surface area contributed by atoms with Crippen molar-refractivity contribution >= 4 is 21.6 Å². The van der Waals surface area contributed by atoms with Gasteiger partial charge in [-0.1, -0.05) is 6.07 Å². The summed E-state index contributed by atoms with van der Waals surface area (Å²) in [5.74, 6) is -0.211. The molecule has 2 heterocycles. The number of carbonyl (C=O) groups excluding carboxylic acids is 1. The fourth-order valence-corrected chi connectivity index (χ4v) is 5.76. The number of hydrogen-bond donors (Lipinski definition) is 0. The van der Waals surface area contributed by atoms with Crippen LogP contribution < -0.4 is 9.64 Å². The molecule has 0 N–H and O–H groups in total. The predicted octanol–water partition coefficient (Wildman–Crippen LogP) is 2.70. The standard InChI is InChI=1S/C23H26F3N3O5S/c1-33-20-6-5-17(15-21(20)35(31,32)29-11-13-34-14-12-29)22(30)28-9-7-27(8-10-28)19-4-2-3-18(16-19)23(24,25)26/h2-6,15-16H,7-14H2,1H3. The fraction of sp³-hybridized carbons (Fsp3) is 0.435. The first kappa shape index (κ1) is 25.3. The van der Waals surface area contributed by atoms with Crippen LogP contribution in [0.15, 0.2) is 47.4 Å². The molecule has 2 aromatic rings. The summed E-state index contributed by atoms with van der Waals surface area (Å²) in [6, 6.07) is 9.39. The van der Waals surface area contributed by atoms with Gasteiger partial charge in [0.2, 0.25) is 10.0 Å². The first-order valence-corrected chi connectivity index (χ1v) is 12.5. The number of alkyl halides is 3. The Morgan fingerprint density at radius 3 is 2.29 bits per heavy atom. The average Bonchev–Trinajstić information content (AvgIpc) is 2.88. The highest BCUT2D eigenvalue weighted by atomic mass is 32.2. The molecule has 0 aromatic heterocycles. The number of morpholine rings is 1. The van der Waals surface area contributed by atoms with Crippen LogP contribution in [0.3, 0.4) is 0 Å². The number of sulfonamides is 1. The molecule has 2 saturated heterocycles. The number of rotatable bonds is 5. The quantitative estimate of drug-likeness (QED) is 0.612. The molecule has 2 fully saturated rings. The predicted molar refractivity (Wildman–Crippen MR) is 122 cm³/mol. The van der Waals surface area contributed by atoms with Gasteiger partial charge in [0.05, 0.1) is 25.9 Å². The lowest BCUT2D eigenvalue weighted by Crippen LogP contribution is -2.48. The van der Waals surface area contributed by atoms with Crippen molar-refractivity contribution in [2.75, 3.05) is 64.5 Å². The zero-order chi connectivity index (χ0) is 25.2. The molecule has 4 rings (SSSR count). The zero-order valence-electron chi connectivity index (χ0n) is 19.1. The molecule has 190 valence electrons. The molecule has 8 nitrogen and oxygen atoms in total. The third-order valence-corrected chi connectivity index (χ3v) is 8.02. The molecule has 1 amide bonds. The topological polar surface area (TPSA) is 79.4 Å². The molecule has 0 aliphatic carbocycles. The summed E-state index contributed by atoms with van der Waals surface area (Å²) in [5, 5.41) is 0. The summed E-state index contributed by atoms with van der Waals surface area (Å²) >= 11 is 0. The van der Waals surface area contributed by atoms with Gasteiger partial charge in [0.1, 0.15) is 10.6 Å². The number of carbonyl (C=O) groups is 1. The van der Waals surface area contributed by atoms with E-state index in [1.165, 1.54) is 35.7 Å². The number of anilines is 1. The summed E-state index contributed by atoms with van der Waals surface area (Å²) in [5.41, 5.74) is -0.0823. The van der Waals surface area contributed by atoms with E-state index in [-0.39, 0.29) is 61.5 Å². The highest BCUT2D eigenvalue weighted by molar-refractivity contribution is 7.89. The van der Waals surface area contributed by atoms with Crippen molar-refractivity contribution in [2.24, 2.45) is 0 Å². The van der Waals surface area contributed by atoms with Crippen LogP contribution in [-0.4, -0.2) is 83.1 Å². The summed E-state index contributed by atoms with van der Waals surface area (Å²) in [6.07, 6.45) is -4.43. The van der Waals surface area contributed by atoms with Crippen LogP contribution in [0.5, 0.6) is 5.75 Å². The van der Waals surface area contributed by atoms with Crippen molar-refractivity contribution in [3.8, 4) is 5.75 Å². The van der Waals surface area contributed by atoms with Crippen molar-refractivity contribution < 1.29 is 35.9 Å². The number of amides is 1. The number of halogens is 3. The molecular weight excluding hydrogens is 487 g/mol. The van der Waals surface area contributed by atoms with Crippen LogP contribution in [0.25, 0.3) is 0 Å². The number of nitrogens with zero attached hydrogens (tertiary/aromatic N) is 3. The van der Waals surface area contributed by atoms with E-state index in [4.69, 9.17) is 9.47 Å². The van der Waals surface area contributed by atoms with Gasteiger partial charge in [0.25, 0.3) is 5.91 Å². The van der Waals surface area contributed by atoms with Crippen LogP contribution in [-0.2, 0) is 20.9 Å². The Kier molecular flexibility index (Phi) is 7.25. The van der Waals surface area contributed by atoms with E-state index < -0.39 is 21.8 Å². The van der Waals surface area contributed by atoms with E-state index >= 15 is 0 Å². The largest absolute Gasteiger partial charge is 0.495 e. The van der Waals surface area contributed by atoms with Crippen molar-refractivity contribution in [1.29, 1.82) is 0 Å². The van der Waals surface area contributed by atoms with Crippen LogP contribution in [0.4, 0.5) is 18.9 Å². The van der Waals surface area contributed by atoms with Gasteiger partial charge < -0.3 is 19.3 Å². The van der Waals surface area contributed by atoms with E-state index in [1.807, 2.05) is 0 Å². The van der Waals surface area contributed by atoms with Crippen LogP contribution in [0, 0.1) is 0 Å². The van der Waals surface area contributed by atoms with Crippen molar-refractivity contribution in [3.63, 3.8) is 0 Å². The second-order valence-corrected chi connectivity index (χ2v) is 10.1. The molecule has 0 bridgehead atoms. The van der Waals surface area contributed by atoms with Crippen LogP contribution >= 0.6 is 0 Å². The Labute approximate surface area is 201 Å². The Balaban J connectivity index is 1.49. The Bertz CT molecular complexity index is 1180. The monoisotopic (exact) mass is 513 g/mol. The first-order valence-electron chi connectivity index (χ1n) is 11.1. The van der Waals surface area contributed by atoms with Gasteiger partial charge in [-0.25, -0.2) is 8.42 Å². The van der Waals surface area contributed by atoms with Crippen molar-refractivity contribution in [1.82, 2.24) is 9.21 Å². The van der Waals surface area contributed by atoms with E-state index in [0.717, 1.165) is 12.1 Å². The number of hydrogen-bond acceptors (Lipinski definition) is 6. The zero-order valence-corrected chi connectivity index (χ0v) is 19.9. The summed E-state index contributed by atoms with van der Waals surface area (Å²) in [4.78, 5) is 16.4. The maximum absolute atomic E-state index is 13.2. The summed E-state index contributed by atoms with van der Waals surface area (Å²) in [6.45, 7) is 2.26. The van der Waals surface area contributed by atoms with Gasteiger partial charge in [-0.2, -0.15) is 17.5 Å². The minimum absolute atomic E-state index is 0.0876. The lowest BCUT2D eigenvalue weighted by molar-refractivity contribution is -0.137. The molecule has 12 heteroatoms. The normalized spacial score (nSPS) is 17.9. The number of piperazine rings is 1. The van der Waals surface area contributed by atoms with E-state index in [1.54, 1.807) is 15.9 Å². The summed E-state index contributed by atoms with van der Waals surface area (Å²) in [7, 11) is -2.53. The molecule has 35 heavy (non-hydrogen) atoms. The van der Waals surface area contributed by atoms with E-state index in [9.17, 15) is 26.4 Å². The molecule has 0 radical (unpaired) electrons. The second-order valence-electron chi connectivity index (χ2n) is 8.21. The van der Waals surface area contributed by atoms with Gasteiger partial charge in [0, 0.05) is 50.5 Å². The first-order chi connectivity index (χ1) is 16.6. The molecule has 0 saturated carbocycles. The van der Waals surface area contributed by atoms with Gasteiger partial charge in [-0.15, -0.1) is 0 Å². The van der Waals surface area contributed by atoms with Gasteiger partial charge >= 0.3 is 6.18 Å². The van der Waals surface area contributed by atoms with Crippen LogP contribution in [0.2, 0.25) is 0 Å². The van der Waals surface area contributed by atoms with Gasteiger partial charge in [-0.3, -0.25) is 4.79 Å². The minimum atomic E-state index is -4.43. The highest BCUT2D eigenvalue weighted by Crippen LogP contribution is 2.32. The van der Waals surface area contributed by atoms with Gasteiger partial charge in [-0.05, 0) is 36.4 Å². The Hall–Kier alpha value is -2.83. The smallest absolute Gasteiger partial charge is 0.416 e. The van der Waals surface area contributed by atoms with E-state index in [2.05, 4.69) is 0 Å². The average molecular weight is 514 g/mol. The maximum Gasteiger partial charge on any atom is 0.416 e. The second kappa shape index (κ2) is 10.0. The number of ether oxygens (including phenoxy) is 2. The van der Waals surface area contributed by atoms with Gasteiger partial charge in [0.15, 0.2) is 0 Å². The van der Waals surface area contributed by atoms with Crippen LogP contribution in [0.1, 0.15) is 15.9 Å². The molecule has 2 aliphatic heterocycles. The summed E-state index contributed by atoms with van der Waals surface area (Å²) < 4.78 is 77.3. The Morgan fingerprint density at radius 1 is 0.971 bits per heavy atom. The van der Waals surface area contributed by atoms with Crippen molar-refractivity contribution in [3.05, 3.63) is 53.6 Å². The fourth-order valence-electron chi connectivity index (χ4n) is 4.17. The van der Waals surface area contributed by atoms with E-state index in [0.29, 0.717) is 18.8 Å². The maximum atomic E-state index is 13.2. The Morgan fingerprint density at radius 2 is 1.66 bits per heavy atom.